The van der Waals surface area contributed by atoms with Gasteiger partial charge >= 0.3 is 6.01 Å². The molecule has 10 rings (SSSR count). The molecular weight excluding hydrogens is 905 g/mol. The van der Waals surface area contributed by atoms with Crippen LogP contribution in [0, 0.1) is 11.7 Å². The Morgan fingerprint density at radius 2 is 1.58 bits per heavy atom. The molecule has 0 spiro atoms. The Morgan fingerprint density at radius 3 is 2.32 bits per heavy atom. The van der Waals surface area contributed by atoms with Gasteiger partial charge in [0.25, 0.3) is 11.8 Å². The molecule has 69 heavy (non-hydrogen) atoms. The lowest BCUT2D eigenvalue weighted by Gasteiger charge is -2.40. The molecule has 0 radical (unpaired) electrons. The van der Waals surface area contributed by atoms with Crippen LogP contribution in [0.2, 0.25) is 5.02 Å². The van der Waals surface area contributed by atoms with Crippen LogP contribution in [0.25, 0.3) is 32.8 Å². The van der Waals surface area contributed by atoms with E-state index in [9.17, 15) is 29.1 Å². The minimum Gasteiger partial charge on any atom is -0.508 e. The van der Waals surface area contributed by atoms with Gasteiger partial charge in [0, 0.05) is 88.5 Å². The summed E-state index contributed by atoms with van der Waals surface area (Å²) in [4.78, 5) is 84.6. The van der Waals surface area contributed by atoms with Crippen molar-refractivity contribution in [2.75, 3.05) is 88.3 Å². The molecule has 4 saturated heterocycles. The fourth-order valence-corrected chi connectivity index (χ4v) is 10.9. The van der Waals surface area contributed by atoms with Crippen LogP contribution in [0.4, 0.5) is 15.9 Å². The number of piperazine rings is 2. The number of fused-ring (bicyclic) bond motifs is 3. The van der Waals surface area contributed by atoms with Crippen molar-refractivity contribution in [3.8, 4) is 22.9 Å². The summed E-state index contributed by atoms with van der Waals surface area (Å²) in [6.45, 7) is 13.9. The molecule has 0 aliphatic carbocycles. The number of anilines is 2. The number of halogens is 2. The van der Waals surface area contributed by atoms with E-state index in [0.717, 1.165) is 80.0 Å². The summed E-state index contributed by atoms with van der Waals surface area (Å²) >= 11 is 6.93. The number of benzene rings is 4. The maximum Gasteiger partial charge on any atom is 0.319 e. The fourth-order valence-electron chi connectivity index (χ4n) is 10.6. The Bertz CT molecular complexity index is 2910. The first-order valence-corrected chi connectivity index (χ1v) is 24.0. The van der Waals surface area contributed by atoms with Gasteiger partial charge in [-0.1, -0.05) is 42.4 Å². The number of phenolic OH excluding ortho intramolecular Hbond substituents is 1. The van der Waals surface area contributed by atoms with Gasteiger partial charge in [-0.15, -0.1) is 0 Å². The van der Waals surface area contributed by atoms with Crippen molar-refractivity contribution in [2.24, 2.45) is 5.92 Å². The first-order chi connectivity index (χ1) is 33.3. The molecule has 16 nitrogen and oxygen atoms in total. The number of aromatic nitrogens is 2. The van der Waals surface area contributed by atoms with Crippen molar-refractivity contribution in [1.29, 1.82) is 0 Å². The maximum absolute atomic E-state index is 17.1. The molecule has 2 atom stereocenters. The summed E-state index contributed by atoms with van der Waals surface area (Å²) in [6.07, 6.45) is 3.20. The SMILES string of the molecule is C=CC(=O)N1CCN(c2nc(O[C@H](C)CN3CCC(CN4CCN(c5ccc6c(c5)C(=O)N(C5CCC(=O)NC5=O)C6=O)CC4)CC3)nc3c(F)c(-c4cc(O)cc5ccccc45)c(Cl)cc23)CC1. The number of imide groups is 2. The van der Waals surface area contributed by atoms with Gasteiger partial charge in [-0.05, 0) is 104 Å². The number of hydrogen-bond acceptors (Lipinski definition) is 13. The predicted octanol–water partition coefficient (Wildman–Crippen LogP) is 5.49. The van der Waals surface area contributed by atoms with Gasteiger partial charge in [-0.25, -0.2) is 4.39 Å². The van der Waals surface area contributed by atoms with E-state index < -0.39 is 35.5 Å². The number of aromatic hydroxyl groups is 1. The summed E-state index contributed by atoms with van der Waals surface area (Å²) in [7, 11) is 0. The Morgan fingerprint density at radius 1 is 0.855 bits per heavy atom. The molecule has 18 heteroatoms. The number of nitrogens with one attached hydrogen (secondary N) is 1. The summed E-state index contributed by atoms with van der Waals surface area (Å²) in [6, 6.07) is 16.5. The summed E-state index contributed by atoms with van der Waals surface area (Å²) in [5.74, 6) is -1.90. The number of hydrogen-bond donors (Lipinski definition) is 2. The predicted molar refractivity (Wildman–Crippen MR) is 259 cm³/mol. The van der Waals surface area contributed by atoms with Crippen molar-refractivity contribution in [2.45, 2.75) is 44.8 Å². The maximum atomic E-state index is 17.1. The lowest BCUT2D eigenvalue weighted by atomic mass is 9.95. The fraction of sp³-hybridized carbons (Fsp3) is 0.392. The van der Waals surface area contributed by atoms with E-state index in [2.05, 4.69) is 31.6 Å². The van der Waals surface area contributed by atoms with Gasteiger partial charge in [0.15, 0.2) is 5.82 Å². The van der Waals surface area contributed by atoms with Crippen molar-refractivity contribution in [1.82, 2.24) is 34.9 Å². The topological polar surface area (TPSA) is 172 Å². The van der Waals surface area contributed by atoms with E-state index in [-0.39, 0.29) is 63.8 Å². The zero-order valence-electron chi connectivity index (χ0n) is 38.3. The van der Waals surface area contributed by atoms with Gasteiger partial charge in [-0.2, -0.15) is 9.97 Å². The molecule has 5 aromatic rings. The third kappa shape index (κ3) is 9.06. The second-order valence-electron chi connectivity index (χ2n) is 18.6. The van der Waals surface area contributed by atoms with Crippen molar-refractivity contribution < 1.29 is 38.2 Å². The third-order valence-electron chi connectivity index (χ3n) is 14.2. The first kappa shape index (κ1) is 46.1. The zero-order valence-corrected chi connectivity index (χ0v) is 39.1. The number of amides is 5. The molecule has 1 unspecified atom stereocenters. The third-order valence-corrected chi connectivity index (χ3v) is 14.5. The lowest BCUT2D eigenvalue weighted by Crippen LogP contribution is -2.54. The van der Waals surface area contributed by atoms with E-state index >= 15 is 4.39 Å². The molecule has 358 valence electrons. The van der Waals surface area contributed by atoms with Crippen molar-refractivity contribution in [3.63, 3.8) is 0 Å². The lowest BCUT2D eigenvalue weighted by molar-refractivity contribution is -0.136. The Balaban J connectivity index is 0.773. The van der Waals surface area contributed by atoms with E-state index in [1.54, 1.807) is 29.2 Å². The molecule has 5 aliphatic heterocycles. The van der Waals surface area contributed by atoms with Crippen LogP contribution in [0.3, 0.4) is 0 Å². The number of likely N-dealkylation sites (tertiary alicyclic amines) is 1. The molecule has 6 heterocycles. The van der Waals surface area contributed by atoms with Crippen molar-refractivity contribution in [3.05, 3.63) is 95.3 Å². The molecule has 0 saturated carbocycles. The van der Waals surface area contributed by atoms with Crippen LogP contribution in [0.1, 0.15) is 53.3 Å². The number of carbonyl (C=O) groups excluding carboxylic acids is 5. The van der Waals surface area contributed by atoms with Gasteiger partial charge in [0.05, 0.1) is 16.1 Å². The number of phenols is 1. The van der Waals surface area contributed by atoms with E-state index in [0.29, 0.717) is 55.4 Å². The number of piperidine rings is 2. The number of rotatable bonds is 11. The molecule has 1 aromatic heterocycles. The average molecular weight is 958 g/mol. The smallest absolute Gasteiger partial charge is 0.319 e. The van der Waals surface area contributed by atoms with Gasteiger partial charge in [0.1, 0.15) is 29.2 Å². The van der Waals surface area contributed by atoms with Gasteiger partial charge < -0.3 is 24.5 Å². The highest BCUT2D eigenvalue weighted by Crippen LogP contribution is 2.43. The number of nitrogens with zero attached hydrogens (tertiary/aromatic N) is 8. The first-order valence-electron chi connectivity index (χ1n) is 23.6. The number of carbonyl (C=O) groups is 5. The highest BCUT2D eigenvalue weighted by molar-refractivity contribution is 6.35. The highest BCUT2D eigenvalue weighted by Gasteiger charge is 2.45. The summed E-state index contributed by atoms with van der Waals surface area (Å²) < 4.78 is 23.6. The van der Waals surface area contributed by atoms with Crippen LogP contribution >= 0.6 is 11.6 Å². The monoisotopic (exact) mass is 957 g/mol. The Hall–Kier alpha value is -6.69. The van der Waals surface area contributed by atoms with Crippen LogP contribution in [0.5, 0.6) is 11.8 Å². The van der Waals surface area contributed by atoms with Crippen LogP contribution in [0.15, 0.2) is 73.3 Å². The second kappa shape index (κ2) is 19.0. The number of ether oxygens (including phenoxy) is 1. The van der Waals surface area contributed by atoms with E-state index in [4.69, 9.17) is 21.3 Å². The largest absolute Gasteiger partial charge is 0.508 e. The summed E-state index contributed by atoms with van der Waals surface area (Å²) in [5.41, 5.74) is 2.00. The summed E-state index contributed by atoms with van der Waals surface area (Å²) in [5, 5.41) is 14.9. The minimum absolute atomic E-state index is 0.0211. The normalized spacial score (nSPS) is 20.2. The van der Waals surface area contributed by atoms with Crippen LogP contribution < -0.4 is 19.9 Å². The van der Waals surface area contributed by atoms with E-state index in [1.807, 2.05) is 42.2 Å². The second-order valence-corrected chi connectivity index (χ2v) is 19.0. The van der Waals surface area contributed by atoms with Crippen LogP contribution in [-0.2, 0) is 14.4 Å². The Labute approximate surface area is 403 Å². The van der Waals surface area contributed by atoms with Gasteiger partial charge in [-0.3, -0.25) is 44.0 Å². The molecule has 4 fully saturated rings. The molecule has 5 amide bonds. The standard InChI is InChI=1S/C51H53ClFN9O7/c1-3-43(65)60-20-22-61(23-21-60)47-39-27-40(52)44(37-26-34(63)24-32-6-4-5-7-35(32)37)45(53)46(39)55-51(56-47)69-30(2)28-57-14-12-31(13-15-57)29-58-16-18-59(19-17-58)33-8-9-36-38(25-33)50(68)62(49(36)67)41-10-11-42(64)54-48(41)66/h3-9,24-27,30-31,41,63H,1,10-23,28-29H2,2H3,(H,54,64,66)/t30-,41?/m1/s1. The van der Waals surface area contributed by atoms with E-state index in [1.165, 1.54) is 12.1 Å². The van der Waals surface area contributed by atoms with Gasteiger partial charge in [0.2, 0.25) is 17.7 Å². The minimum atomic E-state index is -0.997. The molecule has 4 aromatic carbocycles. The zero-order chi connectivity index (χ0) is 48.1. The molecule has 0 bridgehead atoms. The van der Waals surface area contributed by atoms with Crippen LogP contribution in [-0.4, -0.2) is 155 Å². The molecule has 5 aliphatic rings. The molecule has 2 N–H and O–H groups in total. The Kier molecular flexibility index (Phi) is 12.7. The average Bonchev–Trinajstić information content (AvgIpc) is 3.59. The van der Waals surface area contributed by atoms with Crippen molar-refractivity contribution >= 4 is 74.3 Å². The quantitative estimate of drug-likeness (QED) is 0.126. The highest BCUT2D eigenvalue weighted by atomic mass is 35.5. The molecular formula is C51H53ClFN9O7.